The second-order valence-corrected chi connectivity index (χ2v) is 5.96. The summed E-state index contributed by atoms with van der Waals surface area (Å²) in [5.74, 6) is 0. The van der Waals surface area contributed by atoms with Crippen molar-refractivity contribution >= 4 is 32.3 Å². The topological polar surface area (TPSA) is 0 Å². The van der Waals surface area contributed by atoms with Gasteiger partial charge in [-0.3, -0.25) is 0 Å². The van der Waals surface area contributed by atoms with E-state index in [1.54, 1.807) is 0 Å². The van der Waals surface area contributed by atoms with Crippen LogP contribution in [0.4, 0.5) is 0 Å². The highest BCUT2D eigenvalue weighted by Gasteiger charge is 2.03. The van der Waals surface area contributed by atoms with Crippen molar-refractivity contribution in [2.24, 2.45) is 0 Å². The summed E-state index contributed by atoms with van der Waals surface area (Å²) < 4.78 is 40.1. The molecule has 0 aliphatic heterocycles. The van der Waals surface area contributed by atoms with E-state index in [9.17, 15) is 0 Å². The molecule has 0 heteroatoms. The number of rotatable bonds is 1. The van der Waals surface area contributed by atoms with Gasteiger partial charge in [0.25, 0.3) is 0 Å². The van der Waals surface area contributed by atoms with Gasteiger partial charge < -0.3 is 0 Å². The maximum absolute atomic E-state index is 8.23. The minimum absolute atomic E-state index is 0.179. The van der Waals surface area contributed by atoms with Crippen molar-refractivity contribution in [3.8, 4) is 11.1 Å². The van der Waals surface area contributed by atoms with Crippen LogP contribution < -0.4 is 0 Å². The van der Waals surface area contributed by atoms with Gasteiger partial charge in [0.05, 0.1) is 6.85 Å². The summed E-state index contributed by atoms with van der Waals surface area (Å²) in [6.07, 6.45) is 0. The van der Waals surface area contributed by atoms with Crippen molar-refractivity contribution < 1.29 is 6.85 Å². The molecule has 0 spiro atoms. The maximum atomic E-state index is 8.23. The van der Waals surface area contributed by atoms with Crippen LogP contribution in [0.25, 0.3) is 43.4 Å². The standard InChI is InChI=1S/C24H16/c1-2-6-17(7-3-1)20-10-11-21-15-23-12-18-8-4-5-9-19(18)13-24(23)16-22(21)14-20/h1-16H/i1D,2D,3D,6D,7D. The average molecular weight is 309 g/mol. The zero-order valence-corrected chi connectivity index (χ0v) is 12.9. The van der Waals surface area contributed by atoms with E-state index in [1.807, 2.05) is 30.3 Å². The smallest absolute Gasteiger partial charge is 0.0622 e. The summed E-state index contributed by atoms with van der Waals surface area (Å²) in [5.41, 5.74) is 0.853. The molecule has 5 rings (SSSR count). The first-order chi connectivity index (χ1) is 13.9. The third-order valence-corrected chi connectivity index (χ3v) is 4.45. The van der Waals surface area contributed by atoms with E-state index in [0.29, 0.717) is 5.56 Å². The van der Waals surface area contributed by atoms with Crippen LogP contribution >= 0.6 is 0 Å². The van der Waals surface area contributed by atoms with Crippen LogP contribution in [-0.2, 0) is 0 Å². The predicted octanol–water partition coefficient (Wildman–Crippen LogP) is 6.81. The van der Waals surface area contributed by atoms with Gasteiger partial charge in [-0.2, -0.15) is 0 Å². The van der Waals surface area contributed by atoms with Gasteiger partial charge in [0.15, 0.2) is 0 Å². The van der Waals surface area contributed by atoms with Crippen LogP contribution in [0.1, 0.15) is 6.85 Å². The molecule has 0 unspecified atom stereocenters. The molecule has 5 aromatic carbocycles. The van der Waals surface area contributed by atoms with Gasteiger partial charge in [0, 0.05) is 0 Å². The summed E-state index contributed by atoms with van der Waals surface area (Å²) in [4.78, 5) is 0. The molecule has 0 fully saturated rings. The maximum Gasteiger partial charge on any atom is 0.0629 e. The van der Waals surface area contributed by atoms with Crippen LogP contribution in [0.3, 0.4) is 0 Å². The number of hydrogen-bond acceptors (Lipinski definition) is 0. The molecule has 0 aliphatic rings. The van der Waals surface area contributed by atoms with Crippen LogP contribution in [0.15, 0.2) is 96.9 Å². The minimum Gasteiger partial charge on any atom is -0.0622 e. The lowest BCUT2D eigenvalue weighted by Gasteiger charge is -2.07. The Balaban J connectivity index is 1.77. The molecule has 0 aromatic heterocycles. The Morgan fingerprint density at radius 2 is 1.00 bits per heavy atom. The highest BCUT2D eigenvalue weighted by atomic mass is 14.1. The fourth-order valence-corrected chi connectivity index (χ4v) is 3.24. The lowest BCUT2D eigenvalue weighted by atomic mass is 9.97. The highest BCUT2D eigenvalue weighted by Crippen LogP contribution is 2.30. The van der Waals surface area contributed by atoms with Gasteiger partial charge >= 0.3 is 0 Å². The number of hydrogen-bond donors (Lipinski definition) is 0. The molecule has 0 bridgehead atoms. The Morgan fingerprint density at radius 1 is 0.458 bits per heavy atom. The predicted molar refractivity (Wildman–Crippen MR) is 104 cm³/mol. The third-order valence-electron chi connectivity index (χ3n) is 4.45. The summed E-state index contributed by atoms with van der Waals surface area (Å²) in [6.45, 7) is 0. The van der Waals surface area contributed by atoms with Crippen LogP contribution in [0.2, 0.25) is 0 Å². The fraction of sp³-hybridized carbons (Fsp3) is 0. The summed E-state index contributed by atoms with van der Waals surface area (Å²) in [6, 6.07) is 21.1. The van der Waals surface area contributed by atoms with Gasteiger partial charge in [-0.1, -0.05) is 66.6 Å². The molecule has 112 valence electrons. The second kappa shape index (κ2) is 5.21. The van der Waals surface area contributed by atoms with Crippen molar-refractivity contribution in [2.45, 2.75) is 0 Å². The first-order valence-corrected chi connectivity index (χ1v) is 7.87. The van der Waals surface area contributed by atoms with Crippen molar-refractivity contribution in [3.63, 3.8) is 0 Å². The summed E-state index contributed by atoms with van der Waals surface area (Å²) in [5, 5.41) is 6.62. The van der Waals surface area contributed by atoms with E-state index < -0.39 is 0 Å². The van der Waals surface area contributed by atoms with Gasteiger partial charge in [0.1, 0.15) is 0 Å². The highest BCUT2D eigenvalue weighted by molar-refractivity contribution is 6.05. The number of fused-ring (bicyclic) bond motifs is 3. The Kier molecular flexibility index (Phi) is 2.01. The SMILES string of the molecule is [2H]c1c([2H])c([2H])c(-c2ccc3cc4cc5ccccc5cc4cc3c2)c([2H])c1[2H]. The van der Waals surface area contributed by atoms with Crippen molar-refractivity contribution in [1.82, 2.24) is 0 Å². The molecule has 5 aromatic rings. The van der Waals surface area contributed by atoms with Crippen LogP contribution in [0.5, 0.6) is 0 Å². The normalized spacial score (nSPS) is 14.2. The van der Waals surface area contributed by atoms with E-state index in [1.165, 1.54) is 10.8 Å². The van der Waals surface area contributed by atoms with Crippen LogP contribution in [-0.4, -0.2) is 0 Å². The summed E-state index contributed by atoms with van der Waals surface area (Å²) in [7, 11) is 0. The second-order valence-electron chi connectivity index (χ2n) is 5.96. The molecule has 0 aliphatic carbocycles. The monoisotopic (exact) mass is 309 g/mol. The molecule has 0 nitrogen and oxygen atoms in total. The van der Waals surface area contributed by atoms with Crippen molar-refractivity contribution in [3.05, 3.63) is 96.9 Å². The van der Waals surface area contributed by atoms with Gasteiger partial charge in [0.2, 0.25) is 0 Å². The molecule has 0 heterocycles. The minimum atomic E-state index is -0.373. The zero-order chi connectivity index (χ0) is 20.3. The Hall–Kier alpha value is -3.12. The Bertz CT molecular complexity index is 1420. The molecule has 0 atom stereocenters. The Labute approximate surface area is 148 Å². The van der Waals surface area contributed by atoms with Gasteiger partial charge in [-0.05, 0) is 73.8 Å². The molecular formula is C24H16. The quantitative estimate of drug-likeness (QED) is 0.298. The van der Waals surface area contributed by atoms with E-state index in [-0.39, 0.29) is 35.8 Å². The molecular weight excluding hydrogens is 288 g/mol. The molecule has 0 saturated heterocycles. The van der Waals surface area contributed by atoms with Gasteiger partial charge in [-0.15, -0.1) is 0 Å². The number of benzene rings is 5. The summed E-state index contributed by atoms with van der Waals surface area (Å²) >= 11 is 0. The molecule has 0 N–H and O–H groups in total. The van der Waals surface area contributed by atoms with E-state index in [4.69, 9.17) is 6.85 Å². The van der Waals surface area contributed by atoms with E-state index in [2.05, 4.69) is 36.4 Å². The molecule has 0 saturated carbocycles. The van der Waals surface area contributed by atoms with Crippen molar-refractivity contribution in [2.75, 3.05) is 0 Å². The zero-order valence-electron chi connectivity index (χ0n) is 17.9. The third kappa shape index (κ3) is 2.16. The van der Waals surface area contributed by atoms with Crippen molar-refractivity contribution in [1.29, 1.82) is 0 Å². The van der Waals surface area contributed by atoms with Gasteiger partial charge in [-0.25, -0.2) is 0 Å². The average Bonchev–Trinajstić information content (AvgIpc) is 2.73. The molecule has 0 amide bonds. The first-order valence-electron chi connectivity index (χ1n) is 10.4. The first kappa shape index (κ1) is 9.24. The lowest BCUT2D eigenvalue weighted by Crippen LogP contribution is -1.81. The van der Waals surface area contributed by atoms with Crippen LogP contribution in [0, 0.1) is 0 Å². The largest absolute Gasteiger partial charge is 0.0629 e. The Morgan fingerprint density at radius 3 is 1.67 bits per heavy atom. The van der Waals surface area contributed by atoms with E-state index >= 15 is 0 Å². The molecule has 0 radical (unpaired) electrons. The van der Waals surface area contributed by atoms with E-state index in [0.717, 1.165) is 21.5 Å². The molecule has 24 heavy (non-hydrogen) atoms. The fourth-order valence-electron chi connectivity index (χ4n) is 3.24. The lowest BCUT2D eigenvalue weighted by molar-refractivity contribution is 1.65.